The number of rotatable bonds is 6. The van der Waals surface area contributed by atoms with Crippen molar-refractivity contribution in [1.29, 1.82) is 0 Å². The van der Waals surface area contributed by atoms with Crippen LogP contribution in [0.25, 0.3) is 0 Å². The van der Waals surface area contributed by atoms with E-state index in [0.717, 1.165) is 22.2 Å². The summed E-state index contributed by atoms with van der Waals surface area (Å²) in [4.78, 5) is 13.5. The Morgan fingerprint density at radius 1 is 1.50 bits per heavy atom. The van der Waals surface area contributed by atoms with Gasteiger partial charge in [-0.2, -0.15) is 0 Å². The van der Waals surface area contributed by atoms with Crippen LogP contribution in [0.15, 0.2) is 22.7 Å². The Morgan fingerprint density at radius 2 is 2.22 bits per heavy atom. The molecule has 0 spiro atoms. The second kappa shape index (κ2) is 7.38. The van der Waals surface area contributed by atoms with Crippen molar-refractivity contribution in [3.8, 4) is 5.75 Å². The molecule has 1 aromatic rings. The molecule has 0 fully saturated rings. The Hall–Kier alpha value is -1.07. The molecule has 1 amide bonds. The number of halogens is 1. The molecule has 0 atom stereocenters. The summed E-state index contributed by atoms with van der Waals surface area (Å²) in [6.07, 6.45) is 1.24. The molecular formula is C13H19BrN2O2. The molecule has 0 aliphatic heterocycles. The lowest BCUT2D eigenvalue weighted by atomic mass is 10.2. The predicted molar refractivity (Wildman–Crippen MR) is 75.5 cm³/mol. The number of nitrogens with two attached hydrogens (primary N) is 1. The normalized spacial score (nSPS) is 10.2. The number of carbonyl (C=O) groups is 1. The molecule has 1 aromatic carbocycles. The van der Waals surface area contributed by atoms with E-state index in [9.17, 15) is 4.79 Å². The maximum Gasteiger partial charge on any atom is 0.222 e. The van der Waals surface area contributed by atoms with Gasteiger partial charge in [0.15, 0.2) is 0 Å². The molecule has 5 heteroatoms. The standard InChI is InChI=1S/C13H19BrN2O2/c1-16(13(17)4-3-7-15)9-10-5-6-12(18-2)11(14)8-10/h5-6,8H,3-4,7,9,15H2,1-2H3. The second-order valence-corrected chi connectivity index (χ2v) is 4.97. The number of ether oxygens (including phenoxy) is 1. The van der Waals surface area contributed by atoms with E-state index in [1.165, 1.54) is 0 Å². The molecule has 1 rings (SSSR count). The monoisotopic (exact) mass is 314 g/mol. The first kappa shape index (κ1) is 15.0. The summed E-state index contributed by atoms with van der Waals surface area (Å²) in [6, 6.07) is 5.81. The Labute approximate surface area is 116 Å². The van der Waals surface area contributed by atoms with Gasteiger partial charge in [-0.3, -0.25) is 4.79 Å². The average molecular weight is 315 g/mol. The van der Waals surface area contributed by atoms with E-state index in [-0.39, 0.29) is 5.91 Å². The zero-order valence-electron chi connectivity index (χ0n) is 10.8. The summed E-state index contributed by atoms with van der Waals surface area (Å²) in [6.45, 7) is 1.14. The summed E-state index contributed by atoms with van der Waals surface area (Å²) >= 11 is 3.43. The topological polar surface area (TPSA) is 55.6 Å². The maximum atomic E-state index is 11.7. The third kappa shape index (κ3) is 4.31. The van der Waals surface area contributed by atoms with Gasteiger partial charge in [0.1, 0.15) is 5.75 Å². The van der Waals surface area contributed by atoms with Gasteiger partial charge < -0.3 is 15.4 Å². The lowest BCUT2D eigenvalue weighted by Crippen LogP contribution is -2.26. The van der Waals surface area contributed by atoms with Gasteiger partial charge in [-0.1, -0.05) is 6.07 Å². The fraction of sp³-hybridized carbons (Fsp3) is 0.462. The minimum atomic E-state index is 0.118. The van der Waals surface area contributed by atoms with Crippen LogP contribution in [-0.4, -0.2) is 31.5 Å². The zero-order chi connectivity index (χ0) is 13.5. The quantitative estimate of drug-likeness (QED) is 0.875. The van der Waals surface area contributed by atoms with Crippen molar-refractivity contribution in [1.82, 2.24) is 4.90 Å². The van der Waals surface area contributed by atoms with Crippen LogP contribution in [-0.2, 0) is 11.3 Å². The van der Waals surface area contributed by atoms with Crippen LogP contribution in [0.3, 0.4) is 0 Å². The van der Waals surface area contributed by atoms with E-state index < -0.39 is 0 Å². The summed E-state index contributed by atoms with van der Waals surface area (Å²) < 4.78 is 6.06. The number of benzene rings is 1. The first-order valence-corrected chi connectivity index (χ1v) is 6.64. The van der Waals surface area contributed by atoms with E-state index in [2.05, 4.69) is 15.9 Å². The Bertz CT molecular complexity index is 410. The third-order valence-electron chi connectivity index (χ3n) is 2.66. The molecule has 0 radical (unpaired) electrons. The van der Waals surface area contributed by atoms with Crippen LogP contribution in [0, 0.1) is 0 Å². The molecule has 0 unspecified atom stereocenters. The van der Waals surface area contributed by atoms with Gasteiger partial charge in [0.2, 0.25) is 5.91 Å². The van der Waals surface area contributed by atoms with Crippen molar-refractivity contribution in [3.05, 3.63) is 28.2 Å². The van der Waals surface area contributed by atoms with Crippen LogP contribution in [0.2, 0.25) is 0 Å². The first-order valence-electron chi connectivity index (χ1n) is 5.85. The van der Waals surface area contributed by atoms with Gasteiger partial charge in [0.25, 0.3) is 0 Å². The zero-order valence-corrected chi connectivity index (χ0v) is 12.4. The van der Waals surface area contributed by atoms with Crippen molar-refractivity contribution in [2.75, 3.05) is 20.7 Å². The van der Waals surface area contributed by atoms with Crippen LogP contribution in [0.5, 0.6) is 5.75 Å². The van der Waals surface area contributed by atoms with E-state index in [1.54, 1.807) is 19.1 Å². The van der Waals surface area contributed by atoms with Crippen molar-refractivity contribution >= 4 is 21.8 Å². The lowest BCUT2D eigenvalue weighted by molar-refractivity contribution is -0.130. The molecule has 18 heavy (non-hydrogen) atoms. The van der Waals surface area contributed by atoms with Crippen molar-refractivity contribution in [2.45, 2.75) is 19.4 Å². The molecule has 0 saturated heterocycles. The molecule has 0 heterocycles. The highest BCUT2D eigenvalue weighted by atomic mass is 79.9. The molecule has 0 saturated carbocycles. The Balaban J connectivity index is 2.61. The summed E-state index contributed by atoms with van der Waals surface area (Å²) in [7, 11) is 3.43. The van der Waals surface area contributed by atoms with Gasteiger partial charge in [0.05, 0.1) is 11.6 Å². The number of methoxy groups -OCH3 is 1. The molecule has 0 aliphatic carbocycles. The van der Waals surface area contributed by atoms with Crippen molar-refractivity contribution in [3.63, 3.8) is 0 Å². The van der Waals surface area contributed by atoms with Gasteiger partial charge in [-0.05, 0) is 46.6 Å². The third-order valence-corrected chi connectivity index (χ3v) is 3.28. The lowest BCUT2D eigenvalue weighted by Gasteiger charge is -2.17. The van der Waals surface area contributed by atoms with Gasteiger partial charge in [0, 0.05) is 20.0 Å². The van der Waals surface area contributed by atoms with Crippen LogP contribution < -0.4 is 10.5 Å². The highest BCUT2D eigenvalue weighted by molar-refractivity contribution is 9.10. The molecule has 0 bridgehead atoms. The van der Waals surface area contributed by atoms with Gasteiger partial charge >= 0.3 is 0 Å². The SMILES string of the molecule is COc1ccc(CN(C)C(=O)CCCN)cc1Br. The van der Waals surface area contributed by atoms with Crippen LogP contribution in [0.4, 0.5) is 0 Å². The fourth-order valence-corrected chi connectivity index (χ4v) is 2.20. The largest absolute Gasteiger partial charge is 0.496 e. The van der Waals surface area contributed by atoms with Crippen LogP contribution in [0.1, 0.15) is 18.4 Å². The summed E-state index contributed by atoms with van der Waals surface area (Å²) in [5, 5.41) is 0. The van der Waals surface area contributed by atoms with E-state index in [0.29, 0.717) is 19.5 Å². The number of amides is 1. The maximum absolute atomic E-state index is 11.7. The van der Waals surface area contributed by atoms with E-state index in [4.69, 9.17) is 10.5 Å². The smallest absolute Gasteiger partial charge is 0.222 e. The van der Waals surface area contributed by atoms with E-state index >= 15 is 0 Å². The molecule has 4 nitrogen and oxygen atoms in total. The summed E-state index contributed by atoms with van der Waals surface area (Å²) in [5.41, 5.74) is 6.45. The first-order chi connectivity index (χ1) is 8.58. The number of hydrogen-bond donors (Lipinski definition) is 1. The van der Waals surface area contributed by atoms with Crippen molar-refractivity contribution in [2.24, 2.45) is 5.73 Å². The number of hydrogen-bond acceptors (Lipinski definition) is 3. The highest BCUT2D eigenvalue weighted by Gasteiger charge is 2.09. The molecule has 0 aromatic heterocycles. The molecule has 2 N–H and O–H groups in total. The van der Waals surface area contributed by atoms with Gasteiger partial charge in [-0.25, -0.2) is 0 Å². The minimum Gasteiger partial charge on any atom is -0.496 e. The van der Waals surface area contributed by atoms with Gasteiger partial charge in [-0.15, -0.1) is 0 Å². The number of carbonyl (C=O) groups excluding carboxylic acids is 1. The van der Waals surface area contributed by atoms with E-state index in [1.807, 2.05) is 18.2 Å². The highest BCUT2D eigenvalue weighted by Crippen LogP contribution is 2.25. The summed E-state index contributed by atoms with van der Waals surface area (Å²) in [5.74, 6) is 0.906. The Kier molecular flexibility index (Phi) is 6.15. The second-order valence-electron chi connectivity index (χ2n) is 4.11. The number of nitrogens with zero attached hydrogens (tertiary/aromatic N) is 1. The molecule has 0 aliphatic rings. The minimum absolute atomic E-state index is 0.118. The Morgan fingerprint density at radius 3 is 2.78 bits per heavy atom. The molecule has 100 valence electrons. The molecular weight excluding hydrogens is 296 g/mol. The average Bonchev–Trinajstić information content (AvgIpc) is 2.36. The van der Waals surface area contributed by atoms with Crippen molar-refractivity contribution < 1.29 is 9.53 Å². The predicted octanol–water partition coefficient (Wildman–Crippen LogP) is 2.16. The van der Waals surface area contributed by atoms with Crippen LogP contribution >= 0.6 is 15.9 Å². The fourth-order valence-electron chi connectivity index (χ4n) is 1.61.